The van der Waals surface area contributed by atoms with Crippen molar-refractivity contribution >= 4 is 12.4 Å². The molecule has 1 aliphatic heterocycles. The first-order valence-electron chi connectivity index (χ1n) is 7.91. The van der Waals surface area contributed by atoms with Crippen molar-refractivity contribution in [2.24, 2.45) is 0 Å². The number of hydrogen-bond donors (Lipinski definition) is 1. The molecule has 4 nitrogen and oxygen atoms in total. The van der Waals surface area contributed by atoms with Crippen LogP contribution in [0.2, 0.25) is 0 Å². The third kappa shape index (κ3) is 3.94. The second kappa shape index (κ2) is 8.27. The highest BCUT2D eigenvalue weighted by Crippen LogP contribution is 2.30. The van der Waals surface area contributed by atoms with Crippen molar-refractivity contribution in [3.63, 3.8) is 0 Å². The van der Waals surface area contributed by atoms with E-state index in [1.807, 2.05) is 12.1 Å². The number of halogens is 1. The highest BCUT2D eigenvalue weighted by atomic mass is 35.5. The van der Waals surface area contributed by atoms with Crippen LogP contribution in [0.15, 0.2) is 36.4 Å². The molecule has 0 aromatic heterocycles. The summed E-state index contributed by atoms with van der Waals surface area (Å²) in [6.45, 7) is 3.77. The predicted octanol–water partition coefficient (Wildman–Crippen LogP) is 3.91. The highest BCUT2D eigenvalue weighted by molar-refractivity contribution is 5.85. The molecule has 0 bridgehead atoms. The average molecular weight is 350 g/mol. The number of fused-ring (bicyclic) bond motifs is 1. The monoisotopic (exact) mass is 349 g/mol. The first-order valence-corrected chi connectivity index (χ1v) is 7.91. The maximum absolute atomic E-state index is 5.55. The summed E-state index contributed by atoms with van der Waals surface area (Å²) < 4.78 is 16.2. The number of hydrogen-bond acceptors (Lipinski definition) is 4. The molecular formula is C19H24ClNO3. The predicted molar refractivity (Wildman–Crippen MR) is 97.7 cm³/mol. The Bertz CT molecular complexity index is 690. The molecule has 5 heteroatoms. The summed E-state index contributed by atoms with van der Waals surface area (Å²) in [4.78, 5) is 0. The van der Waals surface area contributed by atoms with E-state index in [1.165, 1.54) is 16.7 Å². The molecule has 0 radical (unpaired) electrons. The number of ether oxygens (including phenoxy) is 3. The number of methoxy groups -OCH3 is 2. The van der Waals surface area contributed by atoms with E-state index >= 15 is 0 Å². The van der Waals surface area contributed by atoms with E-state index in [0.717, 1.165) is 36.8 Å². The molecule has 0 aliphatic carbocycles. The molecule has 0 fully saturated rings. The molecule has 1 N–H and O–H groups in total. The SMILES string of the molecule is COc1ccc(C(C)NCc2ccc3c(c2)CCO3)cc1OC.Cl. The van der Waals surface area contributed by atoms with Gasteiger partial charge < -0.3 is 19.5 Å². The van der Waals surface area contributed by atoms with E-state index in [2.05, 4.69) is 36.5 Å². The summed E-state index contributed by atoms with van der Waals surface area (Å²) in [7, 11) is 3.31. The average Bonchev–Trinajstić information content (AvgIpc) is 3.06. The van der Waals surface area contributed by atoms with Gasteiger partial charge in [0.1, 0.15) is 5.75 Å². The Labute approximate surface area is 149 Å². The highest BCUT2D eigenvalue weighted by Gasteiger charge is 2.13. The van der Waals surface area contributed by atoms with Crippen LogP contribution in [0.3, 0.4) is 0 Å². The molecule has 3 rings (SSSR count). The first kappa shape index (κ1) is 18.4. The van der Waals surface area contributed by atoms with Gasteiger partial charge in [-0.25, -0.2) is 0 Å². The summed E-state index contributed by atoms with van der Waals surface area (Å²) in [5, 5.41) is 3.56. The minimum atomic E-state index is 0. The lowest BCUT2D eigenvalue weighted by atomic mass is 10.1. The van der Waals surface area contributed by atoms with Crippen LogP contribution < -0.4 is 19.5 Å². The zero-order valence-corrected chi connectivity index (χ0v) is 15.1. The molecule has 2 aromatic rings. The molecule has 0 saturated carbocycles. The largest absolute Gasteiger partial charge is 0.493 e. The van der Waals surface area contributed by atoms with Crippen LogP contribution in [0.25, 0.3) is 0 Å². The van der Waals surface area contributed by atoms with Gasteiger partial charge in [-0.2, -0.15) is 0 Å². The molecule has 0 spiro atoms. The number of benzene rings is 2. The van der Waals surface area contributed by atoms with Crippen molar-refractivity contribution in [2.45, 2.75) is 25.9 Å². The van der Waals surface area contributed by atoms with E-state index in [1.54, 1.807) is 14.2 Å². The second-order valence-corrected chi connectivity index (χ2v) is 5.76. The Hall–Kier alpha value is -1.91. The van der Waals surface area contributed by atoms with Crippen LogP contribution in [0.5, 0.6) is 17.2 Å². The second-order valence-electron chi connectivity index (χ2n) is 5.76. The third-order valence-electron chi connectivity index (χ3n) is 4.27. The summed E-state index contributed by atoms with van der Waals surface area (Å²) in [5.41, 5.74) is 3.76. The van der Waals surface area contributed by atoms with Gasteiger partial charge in [0.15, 0.2) is 11.5 Å². The van der Waals surface area contributed by atoms with Crippen molar-refractivity contribution < 1.29 is 14.2 Å². The first-order chi connectivity index (χ1) is 11.2. The smallest absolute Gasteiger partial charge is 0.161 e. The quantitative estimate of drug-likeness (QED) is 0.858. The molecule has 0 amide bonds. The van der Waals surface area contributed by atoms with Crippen LogP contribution in [-0.2, 0) is 13.0 Å². The maximum Gasteiger partial charge on any atom is 0.161 e. The lowest BCUT2D eigenvalue weighted by molar-refractivity contribution is 0.354. The van der Waals surface area contributed by atoms with Gasteiger partial charge in [-0.3, -0.25) is 0 Å². The van der Waals surface area contributed by atoms with Crippen molar-refractivity contribution in [1.82, 2.24) is 5.32 Å². The van der Waals surface area contributed by atoms with Crippen LogP contribution in [0.4, 0.5) is 0 Å². The zero-order valence-electron chi connectivity index (χ0n) is 14.3. The fourth-order valence-electron chi connectivity index (χ4n) is 2.86. The molecule has 1 aliphatic rings. The van der Waals surface area contributed by atoms with Gasteiger partial charge >= 0.3 is 0 Å². The van der Waals surface area contributed by atoms with Crippen molar-refractivity contribution in [2.75, 3.05) is 20.8 Å². The molecule has 2 aromatic carbocycles. The lowest BCUT2D eigenvalue weighted by Gasteiger charge is -2.17. The maximum atomic E-state index is 5.55. The Balaban J connectivity index is 0.00000208. The molecule has 1 atom stereocenters. The van der Waals surface area contributed by atoms with Gasteiger partial charge in [0.2, 0.25) is 0 Å². The van der Waals surface area contributed by atoms with Gasteiger partial charge in [-0.15, -0.1) is 12.4 Å². The Kier molecular flexibility index (Phi) is 6.35. The van der Waals surface area contributed by atoms with Gasteiger partial charge in [-0.05, 0) is 41.8 Å². The van der Waals surface area contributed by atoms with E-state index in [4.69, 9.17) is 14.2 Å². The van der Waals surface area contributed by atoms with Crippen molar-refractivity contribution in [3.8, 4) is 17.2 Å². The summed E-state index contributed by atoms with van der Waals surface area (Å²) >= 11 is 0. The molecule has 1 heterocycles. The minimum absolute atomic E-state index is 0. The molecule has 130 valence electrons. The fourth-order valence-corrected chi connectivity index (χ4v) is 2.86. The molecule has 24 heavy (non-hydrogen) atoms. The number of rotatable bonds is 6. The Morgan fingerprint density at radius 1 is 1.08 bits per heavy atom. The van der Waals surface area contributed by atoms with E-state index in [0.29, 0.717) is 0 Å². The Morgan fingerprint density at radius 2 is 1.88 bits per heavy atom. The standard InChI is InChI=1S/C19H23NO3.ClH/c1-13(15-5-7-18(21-2)19(11-15)22-3)20-12-14-4-6-17-16(10-14)8-9-23-17;/h4-7,10-11,13,20H,8-9,12H2,1-3H3;1H. The van der Waals surface area contributed by atoms with Crippen LogP contribution in [0, 0.1) is 0 Å². The summed E-state index contributed by atoms with van der Waals surface area (Å²) in [5.74, 6) is 2.54. The van der Waals surface area contributed by atoms with Crippen LogP contribution in [0.1, 0.15) is 29.7 Å². The van der Waals surface area contributed by atoms with Crippen molar-refractivity contribution in [1.29, 1.82) is 0 Å². The number of nitrogens with one attached hydrogen (secondary N) is 1. The van der Waals surface area contributed by atoms with E-state index in [-0.39, 0.29) is 18.4 Å². The van der Waals surface area contributed by atoms with Crippen LogP contribution in [-0.4, -0.2) is 20.8 Å². The van der Waals surface area contributed by atoms with Crippen molar-refractivity contribution in [3.05, 3.63) is 53.1 Å². The normalized spacial score (nSPS) is 13.5. The van der Waals surface area contributed by atoms with Gasteiger partial charge in [0.25, 0.3) is 0 Å². The summed E-state index contributed by atoms with van der Waals surface area (Å²) in [6.07, 6.45) is 1.01. The molecular weight excluding hydrogens is 326 g/mol. The third-order valence-corrected chi connectivity index (χ3v) is 4.27. The fraction of sp³-hybridized carbons (Fsp3) is 0.368. The topological polar surface area (TPSA) is 39.7 Å². The van der Waals surface area contributed by atoms with Gasteiger partial charge in [0.05, 0.1) is 20.8 Å². The lowest BCUT2D eigenvalue weighted by Crippen LogP contribution is -2.18. The molecule has 0 saturated heterocycles. The van der Waals surface area contributed by atoms with Gasteiger partial charge in [-0.1, -0.05) is 18.2 Å². The summed E-state index contributed by atoms with van der Waals surface area (Å²) in [6, 6.07) is 12.7. The van der Waals surface area contributed by atoms with Crippen LogP contribution >= 0.6 is 12.4 Å². The van der Waals surface area contributed by atoms with E-state index in [9.17, 15) is 0 Å². The van der Waals surface area contributed by atoms with E-state index < -0.39 is 0 Å². The van der Waals surface area contributed by atoms with Gasteiger partial charge in [0, 0.05) is 19.0 Å². The zero-order chi connectivity index (χ0) is 16.2. The Morgan fingerprint density at radius 3 is 2.62 bits per heavy atom. The minimum Gasteiger partial charge on any atom is -0.493 e. The molecule has 1 unspecified atom stereocenters.